The van der Waals surface area contributed by atoms with Crippen LogP contribution < -0.4 is 0 Å². The van der Waals surface area contributed by atoms with Crippen LogP contribution >= 0.6 is 0 Å². The van der Waals surface area contributed by atoms with E-state index in [2.05, 4.69) is 11.9 Å². The maximum Gasteiger partial charge on any atom is 0.447 e. The van der Waals surface area contributed by atoms with Crippen LogP contribution in [0.25, 0.3) is 0 Å². The molecule has 1 amide bonds. The van der Waals surface area contributed by atoms with Crippen molar-refractivity contribution in [3.8, 4) is 0 Å². The third-order valence-electron chi connectivity index (χ3n) is 2.11. The Balaban J connectivity index is 2.33. The van der Waals surface area contributed by atoms with Crippen LogP contribution in [-0.2, 0) is 4.94 Å². The molecule has 1 heterocycles. The number of amides is 1. The van der Waals surface area contributed by atoms with Crippen LogP contribution in [-0.4, -0.2) is 24.1 Å². The molecule has 0 aromatic carbocycles. The number of likely N-dealkylation sites (tertiary alicyclic amines) is 1. The smallest absolute Gasteiger partial charge is 0.306 e. The second kappa shape index (κ2) is 3.55. The first-order chi connectivity index (χ1) is 5.24. The van der Waals surface area contributed by atoms with Crippen molar-refractivity contribution in [3.63, 3.8) is 0 Å². The van der Waals surface area contributed by atoms with Crippen molar-refractivity contribution in [3.05, 3.63) is 0 Å². The number of nitrogens with zero attached hydrogens (tertiary/aromatic N) is 1. The minimum Gasteiger partial charge on any atom is -0.306 e. The summed E-state index contributed by atoms with van der Waals surface area (Å²) in [7, 11) is 0. The lowest BCUT2D eigenvalue weighted by Crippen LogP contribution is -2.37. The standard InChI is InChI=1S/C7H12FNO2/c1-6-2-4-9(5-3-6)7(10)11-8/h6H,2-5H2,1H3. The lowest BCUT2D eigenvalue weighted by atomic mass is 10.00. The first-order valence-electron chi connectivity index (χ1n) is 3.81. The molecule has 0 saturated carbocycles. The van der Waals surface area contributed by atoms with Crippen LogP contribution in [0.1, 0.15) is 19.8 Å². The summed E-state index contributed by atoms with van der Waals surface area (Å²) in [4.78, 5) is 15.1. The highest BCUT2D eigenvalue weighted by Crippen LogP contribution is 2.16. The lowest BCUT2D eigenvalue weighted by molar-refractivity contribution is -0.0820. The molecule has 64 valence electrons. The van der Waals surface area contributed by atoms with Crippen molar-refractivity contribution in [2.75, 3.05) is 13.1 Å². The average molecular weight is 161 g/mol. The summed E-state index contributed by atoms with van der Waals surface area (Å²) in [5.41, 5.74) is 0. The van der Waals surface area contributed by atoms with Gasteiger partial charge in [-0.1, -0.05) is 6.92 Å². The van der Waals surface area contributed by atoms with Gasteiger partial charge >= 0.3 is 6.09 Å². The monoisotopic (exact) mass is 161 g/mol. The molecule has 0 aromatic rings. The lowest BCUT2D eigenvalue weighted by Gasteiger charge is -2.27. The second-order valence-electron chi connectivity index (χ2n) is 3.01. The van der Waals surface area contributed by atoms with E-state index in [0.29, 0.717) is 19.0 Å². The molecule has 1 aliphatic heterocycles. The number of piperidine rings is 1. The normalized spacial score (nSPS) is 20.0. The number of carbonyl (C=O) groups excluding carboxylic acids is 1. The summed E-state index contributed by atoms with van der Waals surface area (Å²) in [5.74, 6) is 0.638. The molecule has 0 aliphatic carbocycles. The van der Waals surface area contributed by atoms with E-state index >= 15 is 0 Å². The zero-order valence-corrected chi connectivity index (χ0v) is 6.55. The molecule has 1 fully saturated rings. The highest BCUT2D eigenvalue weighted by Gasteiger charge is 2.21. The van der Waals surface area contributed by atoms with Gasteiger partial charge in [-0.05, 0) is 18.8 Å². The van der Waals surface area contributed by atoms with Gasteiger partial charge in [0.05, 0.1) is 0 Å². The van der Waals surface area contributed by atoms with Crippen LogP contribution in [0.3, 0.4) is 0 Å². The van der Waals surface area contributed by atoms with Crippen LogP contribution in [0.4, 0.5) is 9.32 Å². The Hall–Kier alpha value is -0.800. The third-order valence-corrected chi connectivity index (χ3v) is 2.11. The molecule has 0 spiro atoms. The fraction of sp³-hybridized carbons (Fsp3) is 0.857. The largest absolute Gasteiger partial charge is 0.447 e. The summed E-state index contributed by atoms with van der Waals surface area (Å²) in [6, 6.07) is 0. The van der Waals surface area contributed by atoms with Crippen LogP contribution in [0.5, 0.6) is 0 Å². The van der Waals surface area contributed by atoms with E-state index < -0.39 is 6.09 Å². The number of halogens is 1. The number of hydrogen-bond donors (Lipinski definition) is 0. The predicted molar refractivity (Wildman–Crippen MR) is 37.6 cm³/mol. The molecule has 4 heteroatoms. The van der Waals surface area contributed by atoms with Gasteiger partial charge in [-0.2, -0.15) is 0 Å². The summed E-state index contributed by atoms with van der Waals surface area (Å²) in [6.07, 6.45) is 1.03. The fourth-order valence-electron chi connectivity index (χ4n) is 1.24. The van der Waals surface area contributed by atoms with E-state index in [1.807, 2.05) is 0 Å². The molecule has 0 radical (unpaired) electrons. The molecular weight excluding hydrogens is 149 g/mol. The van der Waals surface area contributed by atoms with E-state index in [1.54, 1.807) is 0 Å². The molecule has 0 bridgehead atoms. The Bertz CT molecular complexity index is 143. The Morgan fingerprint density at radius 2 is 2.09 bits per heavy atom. The third kappa shape index (κ3) is 2.06. The number of carbonyl (C=O) groups is 1. The van der Waals surface area contributed by atoms with E-state index in [9.17, 15) is 9.32 Å². The zero-order chi connectivity index (χ0) is 8.27. The van der Waals surface area contributed by atoms with E-state index in [-0.39, 0.29) is 0 Å². The minimum atomic E-state index is -0.850. The molecule has 3 nitrogen and oxygen atoms in total. The van der Waals surface area contributed by atoms with Crippen LogP contribution in [0, 0.1) is 5.92 Å². The Labute approximate surface area is 65.0 Å². The van der Waals surface area contributed by atoms with Crippen molar-refractivity contribution in [1.82, 2.24) is 4.90 Å². The Morgan fingerprint density at radius 1 is 1.55 bits per heavy atom. The van der Waals surface area contributed by atoms with Gasteiger partial charge in [-0.3, -0.25) is 0 Å². The molecule has 0 unspecified atom stereocenters. The van der Waals surface area contributed by atoms with Crippen molar-refractivity contribution >= 4 is 6.09 Å². The maximum absolute atomic E-state index is 11.4. The van der Waals surface area contributed by atoms with Gasteiger partial charge in [0.25, 0.3) is 0 Å². The van der Waals surface area contributed by atoms with Gasteiger partial charge in [0.1, 0.15) is 0 Å². The first-order valence-corrected chi connectivity index (χ1v) is 3.81. The molecule has 1 rings (SSSR count). The fourth-order valence-corrected chi connectivity index (χ4v) is 1.24. The van der Waals surface area contributed by atoms with Crippen molar-refractivity contribution in [1.29, 1.82) is 0 Å². The molecule has 0 aromatic heterocycles. The SMILES string of the molecule is CC1CCN(C(=O)OF)CC1. The number of rotatable bonds is 0. The van der Waals surface area contributed by atoms with Gasteiger partial charge < -0.3 is 4.90 Å². The zero-order valence-electron chi connectivity index (χ0n) is 6.55. The molecule has 1 aliphatic rings. The quantitative estimate of drug-likeness (QED) is 0.541. The Morgan fingerprint density at radius 3 is 2.55 bits per heavy atom. The summed E-state index contributed by atoms with van der Waals surface area (Å²) in [6.45, 7) is 3.35. The van der Waals surface area contributed by atoms with Gasteiger partial charge in [0.15, 0.2) is 0 Å². The predicted octanol–water partition coefficient (Wildman–Crippen LogP) is 1.74. The molecule has 1 saturated heterocycles. The summed E-state index contributed by atoms with van der Waals surface area (Å²) < 4.78 is 11.4. The second-order valence-corrected chi connectivity index (χ2v) is 3.01. The average Bonchev–Trinajstić information content (AvgIpc) is 2.05. The highest BCUT2D eigenvalue weighted by molar-refractivity contribution is 5.66. The molecule has 0 atom stereocenters. The van der Waals surface area contributed by atoms with Crippen LogP contribution in [0.15, 0.2) is 0 Å². The maximum atomic E-state index is 11.4. The Kier molecular flexibility index (Phi) is 2.68. The van der Waals surface area contributed by atoms with E-state index in [0.717, 1.165) is 12.8 Å². The van der Waals surface area contributed by atoms with Gasteiger partial charge in [0.2, 0.25) is 0 Å². The van der Waals surface area contributed by atoms with Crippen molar-refractivity contribution < 1.29 is 14.3 Å². The highest BCUT2D eigenvalue weighted by atomic mass is 19.3. The van der Waals surface area contributed by atoms with Crippen LogP contribution in [0.2, 0.25) is 0 Å². The first kappa shape index (κ1) is 8.30. The number of hydrogen-bond acceptors (Lipinski definition) is 2. The van der Waals surface area contributed by atoms with Crippen molar-refractivity contribution in [2.24, 2.45) is 5.92 Å². The van der Waals surface area contributed by atoms with Gasteiger partial charge in [0, 0.05) is 17.6 Å². The van der Waals surface area contributed by atoms with E-state index in [1.165, 1.54) is 4.90 Å². The summed E-state index contributed by atoms with van der Waals surface area (Å²) >= 11 is 0. The molecule has 0 N–H and O–H groups in total. The van der Waals surface area contributed by atoms with Gasteiger partial charge in [-0.15, -0.1) is 0 Å². The van der Waals surface area contributed by atoms with Crippen molar-refractivity contribution in [2.45, 2.75) is 19.8 Å². The topological polar surface area (TPSA) is 29.5 Å². The molecule has 11 heavy (non-hydrogen) atoms. The molecular formula is C7H12FNO2. The summed E-state index contributed by atoms with van der Waals surface area (Å²) in [5, 5.41) is 0. The van der Waals surface area contributed by atoms with E-state index in [4.69, 9.17) is 0 Å². The van der Waals surface area contributed by atoms with Gasteiger partial charge in [-0.25, -0.2) is 9.74 Å². The minimum absolute atomic E-state index is 0.615.